The molecular formula is C15H15NO4. The lowest BCUT2D eigenvalue weighted by atomic mass is 9.77. The SMILES string of the molecule is C=C1C(=O)NC(=O)[C@H](C(=O)OCC)[C@H]1c1ccccc1. The largest absolute Gasteiger partial charge is 0.465 e. The fourth-order valence-corrected chi connectivity index (χ4v) is 2.29. The second-order valence-electron chi connectivity index (χ2n) is 4.46. The minimum Gasteiger partial charge on any atom is -0.465 e. The summed E-state index contributed by atoms with van der Waals surface area (Å²) in [5.74, 6) is -3.61. The molecule has 2 amide bonds. The van der Waals surface area contributed by atoms with Crippen LogP contribution in [0.1, 0.15) is 18.4 Å². The summed E-state index contributed by atoms with van der Waals surface area (Å²) in [6.45, 7) is 5.54. The standard InChI is InChI=1S/C15H15NO4/c1-3-20-15(19)12-11(10-7-5-4-6-8-10)9(2)13(17)16-14(12)18/h4-8,11-12H,2-3H2,1H3,(H,16,17,18)/t11-,12-/m1/s1. The lowest BCUT2D eigenvalue weighted by Gasteiger charge is -2.30. The molecule has 1 saturated heterocycles. The highest BCUT2D eigenvalue weighted by molar-refractivity contribution is 6.15. The van der Waals surface area contributed by atoms with Crippen LogP contribution in [-0.4, -0.2) is 24.4 Å². The third-order valence-electron chi connectivity index (χ3n) is 3.22. The molecule has 1 aliphatic heterocycles. The molecule has 1 aliphatic rings. The van der Waals surface area contributed by atoms with Crippen LogP contribution in [0.4, 0.5) is 0 Å². The normalized spacial score (nSPS) is 22.4. The van der Waals surface area contributed by atoms with Crippen LogP contribution in [0.15, 0.2) is 42.5 Å². The van der Waals surface area contributed by atoms with Crippen molar-refractivity contribution in [1.82, 2.24) is 5.32 Å². The molecule has 5 nitrogen and oxygen atoms in total. The Morgan fingerprint density at radius 2 is 1.95 bits per heavy atom. The van der Waals surface area contributed by atoms with Crippen LogP contribution < -0.4 is 5.32 Å². The zero-order chi connectivity index (χ0) is 14.7. The van der Waals surface area contributed by atoms with E-state index >= 15 is 0 Å². The Morgan fingerprint density at radius 3 is 2.55 bits per heavy atom. The van der Waals surface area contributed by atoms with Gasteiger partial charge in [0.2, 0.25) is 5.91 Å². The van der Waals surface area contributed by atoms with E-state index in [1.807, 2.05) is 6.07 Å². The van der Waals surface area contributed by atoms with E-state index in [0.717, 1.165) is 0 Å². The first-order chi connectivity index (χ1) is 9.56. The Morgan fingerprint density at radius 1 is 1.30 bits per heavy atom. The van der Waals surface area contributed by atoms with E-state index in [1.54, 1.807) is 31.2 Å². The summed E-state index contributed by atoms with van der Waals surface area (Å²) in [6, 6.07) is 8.89. The molecule has 0 aromatic heterocycles. The molecule has 2 atom stereocenters. The van der Waals surface area contributed by atoms with Gasteiger partial charge < -0.3 is 4.74 Å². The zero-order valence-electron chi connectivity index (χ0n) is 11.1. The minimum absolute atomic E-state index is 0.171. The molecule has 104 valence electrons. The van der Waals surface area contributed by atoms with Crippen molar-refractivity contribution in [2.45, 2.75) is 12.8 Å². The predicted molar refractivity (Wildman–Crippen MR) is 71.6 cm³/mol. The summed E-state index contributed by atoms with van der Waals surface area (Å²) in [5.41, 5.74) is 0.882. The fraction of sp³-hybridized carbons (Fsp3) is 0.267. The van der Waals surface area contributed by atoms with Gasteiger partial charge in [0, 0.05) is 11.5 Å². The molecule has 2 rings (SSSR count). The van der Waals surface area contributed by atoms with Gasteiger partial charge in [-0.3, -0.25) is 19.7 Å². The van der Waals surface area contributed by atoms with Gasteiger partial charge in [-0.1, -0.05) is 36.9 Å². The van der Waals surface area contributed by atoms with Gasteiger partial charge in [-0.2, -0.15) is 0 Å². The maximum Gasteiger partial charge on any atom is 0.319 e. The summed E-state index contributed by atoms with van der Waals surface area (Å²) in [4.78, 5) is 35.7. The third-order valence-corrected chi connectivity index (χ3v) is 3.22. The number of carbonyl (C=O) groups excluding carboxylic acids is 3. The van der Waals surface area contributed by atoms with Crippen LogP contribution in [0.25, 0.3) is 0 Å². The van der Waals surface area contributed by atoms with Crippen LogP contribution in [0.3, 0.4) is 0 Å². The number of ether oxygens (including phenoxy) is 1. The molecule has 0 aliphatic carbocycles. The summed E-state index contributed by atoms with van der Waals surface area (Å²) in [5, 5.41) is 2.14. The lowest BCUT2D eigenvalue weighted by molar-refractivity contribution is -0.154. The predicted octanol–water partition coefficient (Wildman–Crippen LogP) is 1.16. The molecule has 0 saturated carbocycles. The molecule has 0 bridgehead atoms. The number of imide groups is 1. The first kappa shape index (κ1) is 14.0. The lowest BCUT2D eigenvalue weighted by Crippen LogP contribution is -2.49. The molecule has 1 aromatic rings. The molecule has 1 fully saturated rings. The van der Waals surface area contributed by atoms with E-state index in [0.29, 0.717) is 5.56 Å². The number of amides is 2. The number of hydrogen-bond donors (Lipinski definition) is 1. The highest BCUT2D eigenvalue weighted by atomic mass is 16.5. The Bertz CT molecular complexity index is 564. The third kappa shape index (κ3) is 2.47. The van der Waals surface area contributed by atoms with Crippen molar-refractivity contribution in [3.05, 3.63) is 48.0 Å². The van der Waals surface area contributed by atoms with E-state index in [1.165, 1.54) is 0 Å². The number of benzene rings is 1. The molecule has 1 aromatic carbocycles. The average Bonchev–Trinajstić information content (AvgIpc) is 2.43. The fourth-order valence-electron chi connectivity index (χ4n) is 2.29. The van der Waals surface area contributed by atoms with Crippen molar-refractivity contribution in [3.8, 4) is 0 Å². The smallest absolute Gasteiger partial charge is 0.319 e. The number of rotatable bonds is 3. The van der Waals surface area contributed by atoms with Crippen LogP contribution in [0.2, 0.25) is 0 Å². The summed E-state index contributed by atoms with van der Waals surface area (Å²) >= 11 is 0. The van der Waals surface area contributed by atoms with Gasteiger partial charge in [-0.25, -0.2) is 0 Å². The number of carbonyl (C=O) groups is 3. The van der Waals surface area contributed by atoms with Crippen molar-refractivity contribution in [2.75, 3.05) is 6.61 Å². The molecule has 0 unspecified atom stereocenters. The first-order valence-corrected chi connectivity index (χ1v) is 6.31. The number of hydrogen-bond acceptors (Lipinski definition) is 4. The van der Waals surface area contributed by atoms with E-state index in [4.69, 9.17) is 4.74 Å². The molecule has 5 heteroatoms. The van der Waals surface area contributed by atoms with Gasteiger partial charge in [0.05, 0.1) is 6.61 Å². The van der Waals surface area contributed by atoms with Crippen molar-refractivity contribution in [2.24, 2.45) is 5.92 Å². The maximum atomic E-state index is 12.0. The van der Waals surface area contributed by atoms with Gasteiger partial charge in [-0.15, -0.1) is 0 Å². The van der Waals surface area contributed by atoms with E-state index in [-0.39, 0.29) is 12.2 Å². The van der Waals surface area contributed by atoms with Crippen LogP contribution in [-0.2, 0) is 19.1 Å². The van der Waals surface area contributed by atoms with Gasteiger partial charge in [-0.05, 0) is 12.5 Å². The van der Waals surface area contributed by atoms with Crippen molar-refractivity contribution in [1.29, 1.82) is 0 Å². The maximum absolute atomic E-state index is 12.0. The Hall–Kier alpha value is -2.43. The van der Waals surface area contributed by atoms with Crippen molar-refractivity contribution < 1.29 is 19.1 Å². The zero-order valence-corrected chi connectivity index (χ0v) is 11.1. The highest BCUT2D eigenvalue weighted by Gasteiger charge is 2.44. The summed E-state index contributed by atoms with van der Waals surface area (Å²) < 4.78 is 4.93. The Kier molecular flexibility index (Phi) is 3.98. The molecule has 0 spiro atoms. The van der Waals surface area contributed by atoms with E-state index in [9.17, 15) is 14.4 Å². The van der Waals surface area contributed by atoms with E-state index in [2.05, 4.69) is 11.9 Å². The average molecular weight is 273 g/mol. The van der Waals surface area contributed by atoms with Gasteiger partial charge in [0.1, 0.15) is 5.92 Å². The topological polar surface area (TPSA) is 72.5 Å². The van der Waals surface area contributed by atoms with Crippen LogP contribution in [0.5, 0.6) is 0 Å². The van der Waals surface area contributed by atoms with E-state index < -0.39 is 29.6 Å². The van der Waals surface area contributed by atoms with Crippen LogP contribution >= 0.6 is 0 Å². The Balaban J connectivity index is 2.44. The number of nitrogens with one attached hydrogen (secondary N) is 1. The summed E-state index contributed by atoms with van der Waals surface area (Å²) in [6.07, 6.45) is 0. The first-order valence-electron chi connectivity index (χ1n) is 6.31. The molecule has 1 N–H and O–H groups in total. The van der Waals surface area contributed by atoms with Gasteiger partial charge in [0.15, 0.2) is 0 Å². The molecule has 0 radical (unpaired) electrons. The highest BCUT2D eigenvalue weighted by Crippen LogP contribution is 2.35. The van der Waals surface area contributed by atoms with Gasteiger partial charge >= 0.3 is 5.97 Å². The molecule has 1 heterocycles. The minimum atomic E-state index is -1.08. The second kappa shape index (κ2) is 5.69. The number of piperidine rings is 1. The van der Waals surface area contributed by atoms with Crippen molar-refractivity contribution in [3.63, 3.8) is 0 Å². The number of esters is 1. The molecular weight excluding hydrogens is 258 g/mol. The van der Waals surface area contributed by atoms with Gasteiger partial charge in [0.25, 0.3) is 5.91 Å². The quantitative estimate of drug-likeness (QED) is 0.388. The Labute approximate surface area is 116 Å². The summed E-state index contributed by atoms with van der Waals surface area (Å²) in [7, 11) is 0. The van der Waals surface area contributed by atoms with Crippen LogP contribution in [0, 0.1) is 5.92 Å². The molecule has 20 heavy (non-hydrogen) atoms. The monoisotopic (exact) mass is 273 g/mol. The van der Waals surface area contributed by atoms with Crippen molar-refractivity contribution >= 4 is 17.8 Å². The second-order valence-corrected chi connectivity index (χ2v) is 4.46.